The third-order valence-corrected chi connectivity index (χ3v) is 5.82. The molecule has 0 bridgehead atoms. The van der Waals surface area contributed by atoms with Crippen LogP contribution in [0.2, 0.25) is 0 Å². The van der Waals surface area contributed by atoms with Gasteiger partial charge >= 0.3 is 0 Å². The summed E-state index contributed by atoms with van der Waals surface area (Å²) in [4.78, 5) is 21.2. The lowest BCUT2D eigenvalue weighted by atomic mass is 10.1. The highest BCUT2D eigenvalue weighted by Gasteiger charge is 2.63. The van der Waals surface area contributed by atoms with Gasteiger partial charge in [0.05, 0.1) is 12.6 Å². The molecule has 0 saturated carbocycles. The van der Waals surface area contributed by atoms with E-state index >= 15 is 0 Å². The van der Waals surface area contributed by atoms with E-state index < -0.39 is 5.72 Å². The fraction of sp³-hybridized carbons (Fsp3) is 0.400. The van der Waals surface area contributed by atoms with Crippen molar-refractivity contribution in [3.8, 4) is 0 Å². The Morgan fingerprint density at radius 1 is 1.20 bits per heavy atom. The SMILES string of the molecule is O=C1C[C@H]2N(Cc3cccnc3)CC[C@]23O[C@@H](c2ccccc2)CN13. The molecule has 2 aromatic rings. The molecule has 3 atom stereocenters. The van der Waals surface area contributed by atoms with Gasteiger partial charge in [0.25, 0.3) is 0 Å². The molecule has 0 N–H and O–H groups in total. The van der Waals surface area contributed by atoms with Crippen LogP contribution in [0.3, 0.4) is 0 Å². The number of ether oxygens (including phenoxy) is 1. The van der Waals surface area contributed by atoms with E-state index in [0.29, 0.717) is 13.0 Å². The second-order valence-electron chi connectivity index (χ2n) is 7.17. The second-order valence-corrected chi connectivity index (χ2v) is 7.17. The van der Waals surface area contributed by atoms with Crippen LogP contribution in [0.25, 0.3) is 0 Å². The van der Waals surface area contributed by atoms with Crippen LogP contribution in [0.15, 0.2) is 54.9 Å². The number of benzene rings is 1. The third-order valence-electron chi connectivity index (χ3n) is 5.82. The number of likely N-dealkylation sites (tertiary alicyclic amines) is 1. The first-order valence-electron chi connectivity index (χ1n) is 8.92. The van der Waals surface area contributed by atoms with Crippen LogP contribution in [-0.2, 0) is 16.1 Å². The van der Waals surface area contributed by atoms with Crippen LogP contribution < -0.4 is 0 Å². The van der Waals surface area contributed by atoms with E-state index in [0.717, 1.165) is 25.1 Å². The highest BCUT2D eigenvalue weighted by atomic mass is 16.5. The summed E-state index contributed by atoms with van der Waals surface area (Å²) in [5.41, 5.74) is 1.89. The number of pyridine rings is 1. The molecule has 1 amide bonds. The Hall–Kier alpha value is -2.24. The van der Waals surface area contributed by atoms with Crippen LogP contribution >= 0.6 is 0 Å². The summed E-state index contributed by atoms with van der Waals surface area (Å²) in [5, 5.41) is 0. The predicted octanol–water partition coefficient (Wildman–Crippen LogP) is 2.36. The molecule has 5 nitrogen and oxygen atoms in total. The molecule has 0 radical (unpaired) electrons. The minimum Gasteiger partial charge on any atom is -0.344 e. The number of amides is 1. The lowest BCUT2D eigenvalue weighted by Crippen LogP contribution is -2.47. The Balaban J connectivity index is 1.41. The van der Waals surface area contributed by atoms with Gasteiger partial charge in [0.1, 0.15) is 6.10 Å². The quantitative estimate of drug-likeness (QED) is 0.864. The fourth-order valence-electron chi connectivity index (χ4n) is 4.67. The van der Waals surface area contributed by atoms with Gasteiger partial charge in [0.2, 0.25) is 5.91 Å². The van der Waals surface area contributed by atoms with E-state index in [2.05, 4.69) is 28.1 Å². The largest absolute Gasteiger partial charge is 0.344 e. The maximum atomic E-state index is 12.6. The molecular weight excluding hydrogens is 314 g/mol. The summed E-state index contributed by atoms with van der Waals surface area (Å²) in [6.07, 6.45) is 5.11. The zero-order valence-corrected chi connectivity index (χ0v) is 14.0. The van der Waals surface area contributed by atoms with E-state index in [9.17, 15) is 4.79 Å². The number of nitrogens with zero attached hydrogens (tertiary/aromatic N) is 3. The zero-order valence-electron chi connectivity index (χ0n) is 14.0. The first-order chi connectivity index (χ1) is 12.3. The summed E-state index contributed by atoms with van der Waals surface area (Å²) in [6, 6.07) is 14.4. The standard InChI is InChI=1S/C20H21N3O2/c24-19-11-18-20(8-10-22(18)13-15-5-4-9-21-12-15)23(19)14-17(25-20)16-6-2-1-3-7-16/h1-7,9,12,17-18H,8,10-11,13-14H2/t17-,18-,20+/m1/s1. The first-order valence-corrected chi connectivity index (χ1v) is 8.92. The van der Waals surface area contributed by atoms with Gasteiger partial charge in [0, 0.05) is 38.3 Å². The summed E-state index contributed by atoms with van der Waals surface area (Å²) in [7, 11) is 0. The van der Waals surface area contributed by atoms with Crippen molar-refractivity contribution < 1.29 is 9.53 Å². The van der Waals surface area contributed by atoms with E-state index in [1.165, 1.54) is 5.56 Å². The molecule has 1 aromatic carbocycles. The van der Waals surface area contributed by atoms with Crippen molar-refractivity contribution in [2.24, 2.45) is 0 Å². The average Bonchev–Trinajstić information content (AvgIpc) is 3.27. The van der Waals surface area contributed by atoms with Crippen LogP contribution in [0.5, 0.6) is 0 Å². The van der Waals surface area contributed by atoms with Crippen LogP contribution in [0.1, 0.15) is 30.1 Å². The zero-order chi connectivity index (χ0) is 16.9. The van der Waals surface area contributed by atoms with Gasteiger partial charge in [0.15, 0.2) is 5.72 Å². The number of hydrogen-bond acceptors (Lipinski definition) is 4. The molecule has 128 valence electrons. The van der Waals surface area contributed by atoms with Gasteiger partial charge in [-0.3, -0.25) is 14.7 Å². The Bertz CT molecular complexity index is 782. The van der Waals surface area contributed by atoms with Gasteiger partial charge in [-0.1, -0.05) is 36.4 Å². The minimum absolute atomic E-state index is 0.0220. The van der Waals surface area contributed by atoms with Gasteiger partial charge in [-0.15, -0.1) is 0 Å². The highest BCUT2D eigenvalue weighted by molar-refractivity contribution is 5.81. The first kappa shape index (κ1) is 15.0. The Morgan fingerprint density at radius 3 is 2.88 bits per heavy atom. The molecule has 3 aliphatic rings. The topological polar surface area (TPSA) is 45.7 Å². The van der Waals surface area contributed by atoms with Crippen molar-refractivity contribution in [1.29, 1.82) is 0 Å². The van der Waals surface area contributed by atoms with Crippen molar-refractivity contribution in [3.05, 3.63) is 66.0 Å². The Kier molecular flexibility index (Phi) is 3.40. The molecule has 0 aliphatic carbocycles. The predicted molar refractivity (Wildman–Crippen MR) is 92.4 cm³/mol. The fourth-order valence-corrected chi connectivity index (χ4v) is 4.67. The molecule has 3 saturated heterocycles. The molecule has 4 heterocycles. The summed E-state index contributed by atoms with van der Waals surface area (Å²) < 4.78 is 6.57. The molecule has 5 rings (SSSR count). The smallest absolute Gasteiger partial charge is 0.226 e. The highest BCUT2D eigenvalue weighted by Crippen LogP contribution is 2.50. The van der Waals surface area contributed by atoms with E-state index in [4.69, 9.17) is 4.74 Å². The molecule has 0 unspecified atom stereocenters. The molecule has 3 aliphatic heterocycles. The Morgan fingerprint density at radius 2 is 2.08 bits per heavy atom. The summed E-state index contributed by atoms with van der Waals surface area (Å²) in [6.45, 7) is 2.44. The van der Waals surface area contributed by atoms with E-state index in [-0.39, 0.29) is 18.1 Å². The monoisotopic (exact) mass is 335 g/mol. The van der Waals surface area contributed by atoms with Gasteiger partial charge in [-0.2, -0.15) is 0 Å². The van der Waals surface area contributed by atoms with Crippen molar-refractivity contribution in [3.63, 3.8) is 0 Å². The molecular formula is C20H21N3O2. The van der Waals surface area contributed by atoms with Crippen molar-refractivity contribution in [2.45, 2.75) is 37.3 Å². The lowest BCUT2D eigenvalue weighted by molar-refractivity contribution is -0.138. The van der Waals surface area contributed by atoms with Crippen LogP contribution in [0, 0.1) is 0 Å². The normalized spacial score (nSPS) is 31.4. The van der Waals surface area contributed by atoms with Crippen LogP contribution in [0.4, 0.5) is 0 Å². The number of hydrogen-bond donors (Lipinski definition) is 0. The molecule has 1 spiro atoms. The maximum Gasteiger partial charge on any atom is 0.226 e. The van der Waals surface area contributed by atoms with E-state index in [1.54, 1.807) is 6.20 Å². The van der Waals surface area contributed by atoms with Gasteiger partial charge in [-0.25, -0.2) is 0 Å². The molecule has 25 heavy (non-hydrogen) atoms. The number of carbonyl (C=O) groups excluding carboxylic acids is 1. The summed E-state index contributed by atoms with van der Waals surface area (Å²) in [5.74, 6) is 0.222. The molecule has 1 aromatic heterocycles. The maximum absolute atomic E-state index is 12.6. The van der Waals surface area contributed by atoms with Crippen LogP contribution in [-0.4, -0.2) is 45.5 Å². The number of carbonyl (C=O) groups is 1. The summed E-state index contributed by atoms with van der Waals surface area (Å²) >= 11 is 0. The van der Waals surface area contributed by atoms with E-state index in [1.807, 2.05) is 35.4 Å². The van der Waals surface area contributed by atoms with Crippen molar-refractivity contribution >= 4 is 5.91 Å². The second kappa shape index (κ2) is 5.64. The van der Waals surface area contributed by atoms with Gasteiger partial charge < -0.3 is 9.64 Å². The number of aromatic nitrogens is 1. The third kappa shape index (κ3) is 2.30. The number of rotatable bonds is 3. The minimum atomic E-state index is -0.445. The lowest BCUT2D eigenvalue weighted by Gasteiger charge is -2.32. The molecule has 5 heteroatoms. The van der Waals surface area contributed by atoms with Crippen molar-refractivity contribution in [2.75, 3.05) is 13.1 Å². The van der Waals surface area contributed by atoms with Gasteiger partial charge in [-0.05, 0) is 17.2 Å². The van der Waals surface area contributed by atoms with Crippen molar-refractivity contribution in [1.82, 2.24) is 14.8 Å². The molecule has 3 fully saturated rings. The average molecular weight is 335 g/mol. The Labute approximate surface area is 147 Å².